The van der Waals surface area contributed by atoms with Crippen LogP contribution >= 0.6 is 0 Å². The SMILES string of the molecule is O=C(O)C1(N2CCCCC2)CCCCCCC1. The van der Waals surface area contributed by atoms with Crippen molar-refractivity contribution in [2.75, 3.05) is 13.1 Å². The number of aliphatic carboxylic acids is 1. The normalized spacial score (nSPS) is 27.1. The zero-order valence-corrected chi connectivity index (χ0v) is 10.8. The molecule has 1 N–H and O–H groups in total. The first-order valence-electron chi connectivity index (χ1n) is 7.24. The van der Waals surface area contributed by atoms with Crippen LogP contribution in [0, 0.1) is 0 Å². The number of hydrogen-bond acceptors (Lipinski definition) is 2. The van der Waals surface area contributed by atoms with Crippen molar-refractivity contribution >= 4 is 5.97 Å². The minimum atomic E-state index is -0.568. The summed E-state index contributed by atoms with van der Waals surface area (Å²) in [7, 11) is 0. The Hall–Kier alpha value is -0.570. The molecular weight excluding hydrogens is 214 g/mol. The molecule has 0 aromatic carbocycles. The van der Waals surface area contributed by atoms with Crippen LogP contribution in [0.5, 0.6) is 0 Å². The van der Waals surface area contributed by atoms with Gasteiger partial charge in [-0.1, -0.05) is 38.5 Å². The number of nitrogens with zero attached hydrogens (tertiary/aromatic N) is 1. The fraction of sp³-hybridized carbons (Fsp3) is 0.929. The second kappa shape index (κ2) is 5.85. The maximum absolute atomic E-state index is 11.8. The van der Waals surface area contributed by atoms with Gasteiger partial charge in [0.2, 0.25) is 0 Å². The van der Waals surface area contributed by atoms with E-state index in [1.165, 1.54) is 38.5 Å². The van der Waals surface area contributed by atoms with Gasteiger partial charge in [0.1, 0.15) is 5.54 Å². The summed E-state index contributed by atoms with van der Waals surface area (Å²) in [6.07, 6.45) is 11.2. The van der Waals surface area contributed by atoms with Gasteiger partial charge in [-0.15, -0.1) is 0 Å². The first kappa shape index (κ1) is 12.9. The molecule has 0 aromatic heterocycles. The summed E-state index contributed by atoms with van der Waals surface area (Å²) in [6, 6.07) is 0. The zero-order valence-electron chi connectivity index (χ0n) is 10.8. The number of piperidine rings is 1. The highest BCUT2D eigenvalue weighted by Gasteiger charge is 2.43. The molecular formula is C14H25NO2. The van der Waals surface area contributed by atoms with Crippen molar-refractivity contribution in [3.8, 4) is 0 Å². The molecule has 2 aliphatic rings. The van der Waals surface area contributed by atoms with Crippen molar-refractivity contribution in [1.82, 2.24) is 4.90 Å². The van der Waals surface area contributed by atoms with E-state index in [0.29, 0.717) is 0 Å². The summed E-state index contributed by atoms with van der Waals surface area (Å²) < 4.78 is 0. The topological polar surface area (TPSA) is 40.5 Å². The molecule has 1 saturated heterocycles. The highest BCUT2D eigenvalue weighted by molar-refractivity contribution is 5.78. The van der Waals surface area contributed by atoms with Gasteiger partial charge in [-0.3, -0.25) is 9.69 Å². The Morgan fingerprint density at radius 2 is 1.29 bits per heavy atom. The Labute approximate surface area is 104 Å². The minimum absolute atomic E-state index is 0.527. The van der Waals surface area contributed by atoms with Gasteiger partial charge in [0.15, 0.2) is 0 Å². The molecule has 17 heavy (non-hydrogen) atoms. The Morgan fingerprint density at radius 1 is 0.824 bits per heavy atom. The fourth-order valence-electron chi connectivity index (χ4n) is 3.48. The van der Waals surface area contributed by atoms with E-state index in [0.717, 1.165) is 38.8 Å². The Balaban J connectivity index is 2.12. The molecule has 1 aliphatic carbocycles. The monoisotopic (exact) mass is 239 g/mol. The van der Waals surface area contributed by atoms with E-state index in [1.54, 1.807) is 0 Å². The molecule has 2 rings (SSSR count). The van der Waals surface area contributed by atoms with E-state index in [2.05, 4.69) is 4.90 Å². The quantitative estimate of drug-likeness (QED) is 0.805. The average molecular weight is 239 g/mol. The lowest BCUT2D eigenvalue weighted by molar-refractivity contribution is -0.154. The van der Waals surface area contributed by atoms with Crippen LogP contribution < -0.4 is 0 Å². The van der Waals surface area contributed by atoms with Crippen molar-refractivity contribution < 1.29 is 9.90 Å². The smallest absolute Gasteiger partial charge is 0.324 e. The van der Waals surface area contributed by atoms with E-state index < -0.39 is 11.5 Å². The van der Waals surface area contributed by atoms with Crippen LogP contribution in [-0.4, -0.2) is 34.6 Å². The molecule has 0 amide bonds. The second-order valence-electron chi connectivity index (χ2n) is 5.65. The summed E-state index contributed by atoms with van der Waals surface area (Å²) >= 11 is 0. The van der Waals surface area contributed by atoms with Crippen molar-refractivity contribution in [3.63, 3.8) is 0 Å². The standard InChI is InChI=1S/C14H25NO2/c16-13(17)14(15-11-7-4-8-12-15)9-5-2-1-3-6-10-14/h1-12H2,(H,16,17). The summed E-state index contributed by atoms with van der Waals surface area (Å²) in [5.41, 5.74) is -0.527. The Morgan fingerprint density at radius 3 is 1.82 bits per heavy atom. The predicted molar refractivity (Wildman–Crippen MR) is 68.1 cm³/mol. The first-order valence-corrected chi connectivity index (χ1v) is 7.24. The summed E-state index contributed by atoms with van der Waals surface area (Å²) in [4.78, 5) is 14.1. The lowest BCUT2D eigenvalue weighted by Gasteiger charge is -2.43. The fourth-order valence-corrected chi connectivity index (χ4v) is 3.48. The summed E-state index contributed by atoms with van der Waals surface area (Å²) in [5, 5.41) is 9.72. The highest BCUT2D eigenvalue weighted by Crippen LogP contribution is 2.34. The van der Waals surface area contributed by atoms with Crippen LogP contribution in [-0.2, 0) is 4.79 Å². The maximum atomic E-state index is 11.8. The van der Waals surface area contributed by atoms with E-state index in [9.17, 15) is 9.90 Å². The number of hydrogen-bond donors (Lipinski definition) is 1. The average Bonchev–Trinajstić information content (AvgIpc) is 2.30. The van der Waals surface area contributed by atoms with Crippen LogP contribution in [0.4, 0.5) is 0 Å². The van der Waals surface area contributed by atoms with Crippen LogP contribution in [0.15, 0.2) is 0 Å². The Bertz CT molecular complexity index is 251. The van der Waals surface area contributed by atoms with E-state index in [-0.39, 0.29) is 0 Å². The third-order valence-corrected chi connectivity index (χ3v) is 4.54. The van der Waals surface area contributed by atoms with Crippen LogP contribution in [0.3, 0.4) is 0 Å². The summed E-state index contributed by atoms with van der Waals surface area (Å²) in [5.74, 6) is -0.568. The molecule has 1 aliphatic heterocycles. The number of carboxylic acids is 1. The van der Waals surface area contributed by atoms with Crippen LogP contribution in [0.1, 0.15) is 64.2 Å². The lowest BCUT2D eigenvalue weighted by Crippen LogP contribution is -2.56. The van der Waals surface area contributed by atoms with Gasteiger partial charge in [0.25, 0.3) is 0 Å². The molecule has 2 fully saturated rings. The first-order chi connectivity index (χ1) is 8.26. The molecule has 0 radical (unpaired) electrons. The minimum Gasteiger partial charge on any atom is -0.480 e. The third-order valence-electron chi connectivity index (χ3n) is 4.54. The van der Waals surface area contributed by atoms with Crippen LogP contribution in [0.25, 0.3) is 0 Å². The maximum Gasteiger partial charge on any atom is 0.324 e. The number of carboxylic acid groups (broad SMARTS) is 1. The van der Waals surface area contributed by atoms with Crippen molar-refractivity contribution in [2.24, 2.45) is 0 Å². The predicted octanol–water partition coefficient (Wildman–Crippen LogP) is 3.04. The van der Waals surface area contributed by atoms with E-state index >= 15 is 0 Å². The molecule has 98 valence electrons. The second-order valence-corrected chi connectivity index (χ2v) is 5.65. The van der Waals surface area contributed by atoms with Crippen molar-refractivity contribution in [1.29, 1.82) is 0 Å². The number of carbonyl (C=O) groups is 1. The van der Waals surface area contributed by atoms with E-state index in [1.807, 2.05) is 0 Å². The van der Waals surface area contributed by atoms with Crippen LogP contribution in [0.2, 0.25) is 0 Å². The summed E-state index contributed by atoms with van der Waals surface area (Å²) in [6.45, 7) is 1.98. The zero-order chi connectivity index (χ0) is 12.1. The van der Waals surface area contributed by atoms with Crippen molar-refractivity contribution in [3.05, 3.63) is 0 Å². The molecule has 1 heterocycles. The third kappa shape index (κ3) is 2.82. The number of likely N-dealkylation sites (tertiary alicyclic amines) is 1. The van der Waals surface area contributed by atoms with E-state index in [4.69, 9.17) is 0 Å². The van der Waals surface area contributed by atoms with Gasteiger partial charge in [0.05, 0.1) is 0 Å². The molecule has 1 saturated carbocycles. The molecule has 0 atom stereocenters. The molecule has 0 aromatic rings. The highest BCUT2D eigenvalue weighted by atomic mass is 16.4. The van der Waals surface area contributed by atoms with Gasteiger partial charge in [-0.05, 0) is 38.8 Å². The largest absolute Gasteiger partial charge is 0.480 e. The molecule has 0 unspecified atom stereocenters. The van der Waals surface area contributed by atoms with Gasteiger partial charge < -0.3 is 5.11 Å². The van der Waals surface area contributed by atoms with Crippen molar-refractivity contribution in [2.45, 2.75) is 69.7 Å². The molecule has 3 heteroatoms. The molecule has 0 bridgehead atoms. The van der Waals surface area contributed by atoms with Gasteiger partial charge >= 0.3 is 5.97 Å². The van der Waals surface area contributed by atoms with Gasteiger partial charge in [-0.2, -0.15) is 0 Å². The molecule has 3 nitrogen and oxygen atoms in total. The number of rotatable bonds is 2. The Kier molecular flexibility index (Phi) is 4.43. The van der Waals surface area contributed by atoms with Gasteiger partial charge in [-0.25, -0.2) is 0 Å². The van der Waals surface area contributed by atoms with Gasteiger partial charge in [0, 0.05) is 0 Å². The lowest BCUT2D eigenvalue weighted by atomic mass is 9.81. The molecule has 0 spiro atoms.